The Kier molecular flexibility index (Phi) is 3.93. The number of morpholine rings is 1. The first-order valence-corrected chi connectivity index (χ1v) is 6.12. The highest BCUT2D eigenvalue weighted by atomic mass is 79.9. The summed E-state index contributed by atoms with van der Waals surface area (Å²) in [6, 6.07) is 3.31. The van der Waals surface area contributed by atoms with Crippen LogP contribution in [0, 0.1) is 0 Å². The van der Waals surface area contributed by atoms with Crippen molar-refractivity contribution >= 4 is 27.8 Å². The van der Waals surface area contributed by atoms with Gasteiger partial charge in [0.05, 0.1) is 13.2 Å². The molecule has 1 aliphatic rings. The molecule has 0 bridgehead atoms. The van der Waals surface area contributed by atoms with Gasteiger partial charge in [-0.2, -0.15) is 0 Å². The van der Waals surface area contributed by atoms with E-state index in [1.165, 1.54) is 11.1 Å². The molecular formula is C11H11BrN2O4. The van der Waals surface area contributed by atoms with E-state index in [9.17, 15) is 9.59 Å². The van der Waals surface area contributed by atoms with Gasteiger partial charge < -0.3 is 14.7 Å². The summed E-state index contributed by atoms with van der Waals surface area (Å²) in [4.78, 5) is 28.3. The number of halogens is 1. The van der Waals surface area contributed by atoms with Crippen molar-refractivity contribution in [3.63, 3.8) is 0 Å². The SMILES string of the molecule is O=C(O)C1CN(C(=O)c2ccc(Br)cn2)CCO1. The molecule has 1 atom stereocenters. The van der Waals surface area contributed by atoms with Crippen LogP contribution in [0.3, 0.4) is 0 Å². The molecule has 0 aromatic carbocycles. The van der Waals surface area contributed by atoms with Gasteiger partial charge in [-0.15, -0.1) is 0 Å². The van der Waals surface area contributed by atoms with Crippen LogP contribution in [-0.4, -0.2) is 52.7 Å². The molecule has 7 heteroatoms. The number of hydrogen-bond acceptors (Lipinski definition) is 4. The minimum Gasteiger partial charge on any atom is -0.479 e. The number of rotatable bonds is 2. The molecule has 1 unspecified atom stereocenters. The van der Waals surface area contributed by atoms with Crippen molar-refractivity contribution in [2.75, 3.05) is 19.7 Å². The van der Waals surface area contributed by atoms with Gasteiger partial charge in [-0.05, 0) is 28.1 Å². The Balaban J connectivity index is 2.09. The molecule has 0 radical (unpaired) electrons. The number of carbonyl (C=O) groups is 2. The molecule has 1 N–H and O–H groups in total. The Morgan fingerprint density at radius 3 is 2.89 bits per heavy atom. The molecule has 0 saturated carbocycles. The summed E-state index contributed by atoms with van der Waals surface area (Å²) in [5, 5.41) is 8.86. The first-order valence-electron chi connectivity index (χ1n) is 5.33. The number of carboxylic acids is 1. The van der Waals surface area contributed by atoms with Crippen molar-refractivity contribution in [3.05, 3.63) is 28.5 Å². The van der Waals surface area contributed by atoms with Crippen LogP contribution in [-0.2, 0) is 9.53 Å². The van der Waals surface area contributed by atoms with Crippen LogP contribution in [0.2, 0.25) is 0 Å². The van der Waals surface area contributed by atoms with Gasteiger partial charge >= 0.3 is 5.97 Å². The second kappa shape index (κ2) is 5.45. The highest BCUT2D eigenvalue weighted by Gasteiger charge is 2.29. The molecule has 2 rings (SSSR count). The first-order chi connectivity index (χ1) is 8.58. The fourth-order valence-electron chi connectivity index (χ4n) is 1.65. The number of aromatic nitrogens is 1. The van der Waals surface area contributed by atoms with E-state index >= 15 is 0 Å². The summed E-state index contributed by atoms with van der Waals surface area (Å²) in [5.41, 5.74) is 0.296. The summed E-state index contributed by atoms with van der Waals surface area (Å²) in [5.74, 6) is -1.34. The van der Waals surface area contributed by atoms with E-state index in [1.54, 1.807) is 12.1 Å². The van der Waals surface area contributed by atoms with E-state index in [-0.39, 0.29) is 19.1 Å². The van der Waals surface area contributed by atoms with Crippen LogP contribution in [0.4, 0.5) is 0 Å². The predicted octanol–water partition coefficient (Wildman–Crippen LogP) is 0.770. The molecular weight excluding hydrogens is 304 g/mol. The predicted molar refractivity (Wildman–Crippen MR) is 65.2 cm³/mol. The van der Waals surface area contributed by atoms with Gasteiger partial charge in [-0.3, -0.25) is 4.79 Å². The Morgan fingerprint density at radius 2 is 2.28 bits per heavy atom. The fourth-order valence-corrected chi connectivity index (χ4v) is 1.88. The average molecular weight is 315 g/mol. The standard InChI is InChI=1S/C11H11BrN2O4/c12-7-1-2-8(13-5-7)10(15)14-3-4-18-9(6-14)11(16)17/h1-2,5,9H,3-4,6H2,(H,16,17). The van der Waals surface area contributed by atoms with E-state index in [4.69, 9.17) is 9.84 Å². The fraction of sp³-hybridized carbons (Fsp3) is 0.364. The van der Waals surface area contributed by atoms with Crippen LogP contribution in [0.15, 0.2) is 22.8 Å². The molecule has 96 valence electrons. The number of carboxylic acid groups (broad SMARTS) is 1. The van der Waals surface area contributed by atoms with Crippen LogP contribution in [0.1, 0.15) is 10.5 Å². The Hall–Kier alpha value is -1.47. The minimum absolute atomic E-state index is 0.0475. The number of hydrogen-bond donors (Lipinski definition) is 1. The zero-order valence-electron chi connectivity index (χ0n) is 9.38. The van der Waals surface area contributed by atoms with E-state index in [0.29, 0.717) is 12.2 Å². The van der Waals surface area contributed by atoms with Crippen molar-refractivity contribution in [2.45, 2.75) is 6.10 Å². The molecule has 1 aromatic rings. The first kappa shape index (κ1) is 13.0. The van der Waals surface area contributed by atoms with E-state index in [0.717, 1.165) is 4.47 Å². The largest absolute Gasteiger partial charge is 0.479 e. The average Bonchev–Trinajstić information content (AvgIpc) is 2.39. The topological polar surface area (TPSA) is 79.7 Å². The highest BCUT2D eigenvalue weighted by Crippen LogP contribution is 2.12. The maximum Gasteiger partial charge on any atom is 0.334 e. The number of ether oxygens (including phenoxy) is 1. The van der Waals surface area contributed by atoms with E-state index in [2.05, 4.69) is 20.9 Å². The maximum absolute atomic E-state index is 12.1. The number of aliphatic carboxylic acids is 1. The third-order valence-corrected chi connectivity index (χ3v) is 3.04. The summed E-state index contributed by atoms with van der Waals surface area (Å²) in [6.45, 7) is 0.644. The lowest BCUT2D eigenvalue weighted by molar-refractivity contribution is -0.154. The summed E-state index contributed by atoms with van der Waals surface area (Å²) in [6.07, 6.45) is 0.570. The van der Waals surface area contributed by atoms with Crippen LogP contribution < -0.4 is 0 Å². The molecule has 1 aromatic heterocycles. The molecule has 1 amide bonds. The second-order valence-electron chi connectivity index (χ2n) is 3.81. The molecule has 1 saturated heterocycles. The van der Waals surface area contributed by atoms with Crippen molar-refractivity contribution in [2.24, 2.45) is 0 Å². The second-order valence-corrected chi connectivity index (χ2v) is 4.73. The lowest BCUT2D eigenvalue weighted by atomic mass is 10.2. The number of carbonyl (C=O) groups excluding carboxylic acids is 1. The zero-order chi connectivity index (χ0) is 13.1. The van der Waals surface area contributed by atoms with Crippen molar-refractivity contribution in [1.82, 2.24) is 9.88 Å². The maximum atomic E-state index is 12.1. The summed E-state index contributed by atoms with van der Waals surface area (Å²) in [7, 11) is 0. The molecule has 0 spiro atoms. The normalized spacial score (nSPS) is 19.6. The van der Waals surface area contributed by atoms with Crippen molar-refractivity contribution in [3.8, 4) is 0 Å². The quantitative estimate of drug-likeness (QED) is 0.872. The molecule has 18 heavy (non-hydrogen) atoms. The smallest absolute Gasteiger partial charge is 0.334 e. The van der Waals surface area contributed by atoms with Gasteiger partial charge in [0.25, 0.3) is 5.91 Å². The Bertz CT molecular complexity index is 463. The molecule has 6 nitrogen and oxygen atoms in total. The van der Waals surface area contributed by atoms with E-state index in [1.807, 2.05) is 0 Å². The van der Waals surface area contributed by atoms with Gasteiger partial charge in [-0.1, -0.05) is 0 Å². The van der Waals surface area contributed by atoms with Crippen LogP contribution >= 0.6 is 15.9 Å². The summed E-state index contributed by atoms with van der Waals surface area (Å²) >= 11 is 3.23. The van der Waals surface area contributed by atoms with Crippen LogP contribution in [0.25, 0.3) is 0 Å². The third kappa shape index (κ3) is 2.85. The van der Waals surface area contributed by atoms with Gasteiger partial charge in [-0.25, -0.2) is 9.78 Å². The van der Waals surface area contributed by atoms with Gasteiger partial charge in [0.1, 0.15) is 5.69 Å². The minimum atomic E-state index is -1.06. The Labute approximate surface area is 112 Å². The highest BCUT2D eigenvalue weighted by molar-refractivity contribution is 9.10. The van der Waals surface area contributed by atoms with Crippen molar-refractivity contribution < 1.29 is 19.4 Å². The number of amides is 1. The lowest BCUT2D eigenvalue weighted by Gasteiger charge is -2.30. The van der Waals surface area contributed by atoms with Gasteiger partial charge in [0.2, 0.25) is 0 Å². The molecule has 0 aliphatic carbocycles. The monoisotopic (exact) mass is 314 g/mol. The molecule has 1 aliphatic heterocycles. The van der Waals surface area contributed by atoms with Crippen LogP contribution in [0.5, 0.6) is 0 Å². The third-order valence-electron chi connectivity index (χ3n) is 2.58. The zero-order valence-corrected chi connectivity index (χ0v) is 11.0. The summed E-state index contributed by atoms with van der Waals surface area (Å²) < 4.78 is 5.84. The lowest BCUT2D eigenvalue weighted by Crippen LogP contribution is -2.48. The van der Waals surface area contributed by atoms with E-state index < -0.39 is 12.1 Å². The number of nitrogens with zero attached hydrogens (tertiary/aromatic N) is 2. The Morgan fingerprint density at radius 1 is 1.50 bits per heavy atom. The van der Waals surface area contributed by atoms with Gasteiger partial charge in [0, 0.05) is 17.2 Å². The number of pyridine rings is 1. The molecule has 2 heterocycles. The van der Waals surface area contributed by atoms with Gasteiger partial charge in [0.15, 0.2) is 6.10 Å². The molecule has 1 fully saturated rings. The van der Waals surface area contributed by atoms with Crippen molar-refractivity contribution in [1.29, 1.82) is 0 Å².